The summed E-state index contributed by atoms with van der Waals surface area (Å²) in [5.74, 6) is 6.72. The first kappa shape index (κ1) is 23.2. The second-order valence-electron chi connectivity index (χ2n) is 8.99. The standard InChI is InChI=1S/C36H28/c1-27-18-19-28(2)34(26-27)25-22-29-20-23-33(24-21-29)36(32-16-10-5-11-17-32)35(30-12-6-3-7-13-30)31-14-8-4-9-15-31/h3-21,23-24,26H,1-2H3. The summed E-state index contributed by atoms with van der Waals surface area (Å²) >= 11 is 0. The maximum absolute atomic E-state index is 3.36. The summed E-state index contributed by atoms with van der Waals surface area (Å²) in [4.78, 5) is 0. The van der Waals surface area contributed by atoms with Crippen molar-refractivity contribution in [2.45, 2.75) is 13.8 Å². The molecule has 0 amide bonds. The van der Waals surface area contributed by atoms with Gasteiger partial charge in [-0.25, -0.2) is 0 Å². The lowest BCUT2D eigenvalue weighted by atomic mass is 9.85. The fourth-order valence-corrected chi connectivity index (χ4v) is 4.46. The van der Waals surface area contributed by atoms with Crippen LogP contribution in [-0.2, 0) is 0 Å². The van der Waals surface area contributed by atoms with Crippen molar-refractivity contribution in [3.8, 4) is 11.8 Å². The molecule has 0 fully saturated rings. The molecule has 36 heavy (non-hydrogen) atoms. The minimum atomic E-state index is 1.01. The summed E-state index contributed by atoms with van der Waals surface area (Å²) in [7, 11) is 0. The Morgan fingerprint density at radius 2 is 0.889 bits per heavy atom. The predicted octanol–water partition coefficient (Wildman–Crippen LogP) is 8.71. The highest BCUT2D eigenvalue weighted by atomic mass is 14.2. The van der Waals surface area contributed by atoms with Crippen molar-refractivity contribution in [3.63, 3.8) is 0 Å². The SMILES string of the molecule is Cc1ccc(C)c(C#Cc2ccc(C(=C(c3ccccc3)c3ccccc3)c3ccccc3)cc2)c1. The number of rotatable bonds is 4. The molecule has 0 nitrogen and oxygen atoms in total. The van der Waals surface area contributed by atoms with Crippen LogP contribution in [0.3, 0.4) is 0 Å². The zero-order valence-electron chi connectivity index (χ0n) is 20.7. The third-order valence-corrected chi connectivity index (χ3v) is 6.35. The Morgan fingerprint density at radius 3 is 1.36 bits per heavy atom. The van der Waals surface area contributed by atoms with Crippen LogP contribution in [0.4, 0.5) is 0 Å². The van der Waals surface area contributed by atoms with Gasteiger partial charge in [0.25, 0.3) is 0 Å². The van der Waals surface area contributed by atoms with Crippen LogP contribution in [0.2, 0.25) is 0 Å². The lowest BCUT2D eigenvalue weighted by Crippen LogP contribution is -1.97. The van der Waals surface area contributed by atoms with Crippen LogP contribution in [0.5, 0.6) is 0 Å². The third kappa shape index (κ3) is 5.22. The van der Waals surface area contributed by atoms with Crippen LogP contribution in [0.15, 0.2) is 133 Å². The first-order valence-corrected chi connectivity index (χ1v) is 12.3. The molecule has 0 bridgehead atoms. The molecule has 0 atom stereocenters. The monoisotopic (exact) mass is 460 g/mol. The van der Waals surface area contributed by atoms with Crippen molar-refractivity contribution >= 4 is 11.1 Å². The van der Waals surface area contributed by atoms with Gasteiger partial charge in [-0.05, 0) is 76.6 Å². The van der Waals surface area contributed by atoms with Crippen molar-refractivity contribution in [1.82, 2.24) is 0 Å². The van der Waals surface area contributed by atoms with Crippen molar-refractivity contribution in [1.29, 1.82) is 0 Å². The van der Waals surface area contributed by atoms with E-state index in [-0.39, 0.29) is 0 Å². The van der Waals surface area contributed by atoms with Gasteiger partial charge in [-0.1, -0.05) is 127 Å². The van der Waals surface area contributed by atoms with Gasteiger partial charge in [0.1, 0.15) is 0 Å². The van der Waals surface area contributed by atoms with E-state index in [0.29, 0.717) is 0 Å². The molecule has 172 valence electrons. The maximum Gasteiger partial charge on any atom is 0.0280 e. The van der Waals surface area contributed by atoms with E-state index in [1.54, 1.807) is 0 Å². The van der Waals surface area contributed by atoms with Crippen LogP contribution >= 0.6 is 0 Å². The highest BCUT2D eigenvalue weighted by Gasteiger charge is 2.15. The molecule has 0 radical (unpaired) electrons. The van der Waals surface area contributed by atoms with Gasteiger partial charge in [-0.15, -0.1) is 0 Å². The molecular weight excluding hydrogens is 432 g/mol. The summed E-state index contributed by atoms with van der Waals surface area (Å²) in [5.41, 5.74) is 11.7. The lowest BCUT2D eigenvalue weighted by molar-refractivity contribution is 1.37. The smallest absolute Gasteiger partial charge is 0.0280 e. The largest absolute Gasteiger partial charge is 0.0622 e. The number of hydrogen-bond acceptors (Lipinski definition) is 0. The summed E-state index contributed by atoms with van der Waals surface area (Å²) < 4.78 is 0. The number of aryl methyl sites for hydroxylation is 2. The fourth-order valence-electron chi connectivity index (χ4n) is 4.46. The minimum absolute atomic E-state index is 1.01. The molecule has 0 saturated carbocycles. The summed E-state index contributed by atoms with van der Waals surface area (Å²) in [6.45, 7) is 4.21. The summed E-state index contributed by atoms with van der Waals surface area (Å²) in [6.07, 6.45) is 0. The molecular formula is C36H28. The Hall–Kier alpha value is -4.60. The normalized spacial score (nSPS) is 10.3. The minimum Gasteiger partial charge on any atom is -0.0622 e. The molecule has 5 aromatic carbocycles. The van der Waals surface area contributed by atoms with Crippen LogP contribution in [0.1, 0.15) is 44.5 Å². The highest BCUT2D eigenvalue weighted by Crippen LogP contribution is 2.36. The van der Waals surface area contributed by atoms with E-state index in [1.165, 1.54) is 44.5 Å². The molecule has 0 heterocycles. The maximum atomic E-state index is 3.36. The van der Waals surface area contributed by atoms with E-state index in [2.05, 4.69) is 159 Å². The molecule has 0 aliphatic carbocycles. The van der Waals surface area contributed by atoms with Crippen LogP contribution in [-0.4, -0.2) is 0 Å². The van der Waals surface area contributed by atoms with E-state index in [0.717, 1.165) is 11.1 Å². The van der Waals surface area contributed by atoms with Crippen molar-refractivity contribution in [2.24, 2.45) is 0 Å². The molecule has 0 N–H and O–H groups in total. The Balaban J connectivity index is 1.66. The Bertz CT molecular complexity index is 1500. The average molecular weight is 461 g/mol. The van der Waals surface area contributed by atoms with Crippen LogP contribution in [0, 0.1) is 25.7 Å². The molecule has 5 rings (SSSR count). The summed E-state index contributed by atoms with van der Waals surface area (Å²) in [5, 5.41) is 0. The van der Waals surface area contributed by atoms with Gasteiger partial charge in [0.05, 0.1) is 0 Å². The Labute approximate surface area is 214 Å². The molecule has 0 spiro atoms. The average Bonchev–Trinajstić information content (AvgIpc) is 2.94. The van der Waals surface area contributed by atoms with Crippen molar-refractivity contribution in [2.75, 3.05) is 0 Å². The van der Waals surface area contributed by atoms with Gasteiger partial charge in [-0.2, -0.15) is 0 Å². The quantitative estimate of drug-likeness (QED) is 0.186. The first-order chi connectivity index (χ1) is 17.7. The Kier molecular flexibility index (Phi) is 6.93. The van der Waals surface area contributed by atoms with Gasteiger partial charge in [-0.3, -0.25) is 0 Å². The molecule has 5 aromatic rings. The number of hydrogen-bond donors (Lipinski definition) is 0. The van der Waals surface area contributed by atoms with Gasteiger partial charge in [0.15, 0.2) is 0 Å². The summed E-state index contributed by atoms with van der Waals surface area (Å²) in [6, 6.07) is 47.0. The van der Waals surface area contributed by atoms with Crippen LogP contribution in [0.25, 0.3) is 11.1 Å². The predicted molar refractivity (Wildman–Crippen MR) is 153 cm³/mol. The van der Waals surface area contributed by atoms with E-state index < -0.39 is 0 Å². The Morgan fingerprint density at radius 1 is 0.444 bits per heavy atom. The third-order valence-electron chi connectivity index (χ3n) is 6.35. The van der Waals surface area contributed by atoms with E-state index in [1.807, 2.05) is 0 Å². The first-order valence-electron chi connectivity index (χ1n) is 12.3. The van der Waals surface area contributed by atoms with Crippen LogP contribution < -0.4 is 0 Å². The van der Waals surface area contributed by atoms with E-state index in [4.69, 9.17) is 0 Å². The van der Waals surface area contributed by atoms with E-state index in [9.17, 15) is 0 Å². The fraction of sp³-hybridized carbons (Fsp3) is 0.0556. The van der Waals surface area contributed by atoms with E-state index >= 15 is 0 Å². The lowest BCUT2D eigenvalue weighted by Gasteiger charge is -2.18. The molecule has 0 saturated heterocycles. The van der Waals surface area contributed by atoms with Gasteiger partial charge in [0, 0.05) is 11.1 Å². The second kappa shape index (κ2) is 10.8. The molecule has 0 unspecified atom stereocenters. The molecule has 0 aromatic heterocycles. The topological polar surface area (TPSA) is 0 Å². The zero-order chi connectivity index (χ0) is 24.7. The zero-order valence-corrected chi connectivity index (χ0v) is 20.7. The van der Waals surface area contributed by atoms with Gasteiger partial charge >= 0.3 is 0 Å². The van der Waals surface area contributed by atoms with Crippen molar-refractivity contribution in [3.05, 3.63) is 178 Å². The van der Waals surface area contributed by atoms with Gasteiger partial charge < -0.3 is 0 Å². The van der Waals surface area contributed by atoms with Crippen molar-refractivity contribution < 1.29 is 0 Å². The molecule has 0 heteroatoms. The van der Waals surface area contributed by atoms with Gasteiger partial charge in [0.2, 0.25) is 0 Å². The molecule has 0 aliphatic rings. The number of benzene rings is 5. The second-order valence-corrected chi connectivity index (χ2v) is 8.99. The molecule has 0 aliphatic heterocycles. The highest BCUT2D eigenvalue weighted by molar-refractivity contribution is 6.04.